The molecule has 1 aromatic rings. The Morgan fingerprint density at radius 2 is 1.90 bits per heavy atom. The Kier molecular flexibility index (Phi) is 6.42. The van der Waals surface area contributed by atoms with E-state index < -0.39 is 17.9 Å². The number of rotatable bonds is 7. The second-order valence-corrected chi connectivity index (χ2v) is 4.73. The fraction of sp³-hybridized carbons (Fsp3) is 0.333. The number of nitrogens with one attached hydrogen (secondary N) is 1. The first kappa shape index (κ1) is 16.7. The van der Waals surface area contributed by atoms with Gasteiger partial charge in [-0.25, -0.2) is 4.79 Å². The molecule has 1 unspecified atom stereocenters. The minimum Gasteiger partial charge on any atom is -0.480 e. The molecule has 0 radical (unpaired) electrons. The van der Waals surface area contributed by atoms with Gasteiger partial charge in [0.15, 0.2) is 0 Å². The molecule has 114 valence electrons. The predicted molar refractivity (Wildman–Crippen MR) is 81.1 cm³/mol. The summed E-state index contributed by atoms with van der Waals surface area (Å²) >= 11 is 0. The molecule has 0 aliphatic carbocycles. The molecule has 21 heavy (non-hydrogen) atoms. The monoisotopic (exact) mass is 292 g/mol. The summed E-state index contributed by atoms with van der Waals surface area (Å²) < 4.78 is 0. The first-order valence-electron chi connectivity index (χ1n) is 6.53. The highest BCUT2D eigenvalue weighted by molar-refractivity contribution is 5.94. The van der Waals surface area contributed by atoms with E-state index >= 15 is 0 Å². The molecule has 0 saturated heterocycles. The minimum atomic E-state index is -1.17. The van der Waals surface area contributed by atoms with Crippen molar-refractivity contribution in [1.82, 2.24) is 5.32 Å². The number of carboxylic acid groups (broad SMARTS) is 1. The highest BCUT2D eigenvalue weighted by Gasteiger charge is 2.17. The van der Waals surface area contributed by atoms with Gasteiger partial charge in [-0.1, -0.05) is 12.1 Å². The van der Waals surface area contributed by atoms with Crippen molar-refractivity contribution in [3.8, 4) is 0 Å². The Labute approximate surface area is 123 Å². The molecule has 1 amide bonds. The predicted octanol–water partition coefficient (Wildman–Crippen LogP) is 0.718. The molecule has 0 spiro atoms. The molecule has 0 saturated carbocycles. The van der Waals surface area contributed by atoms with Crippen LogP contribution >= 0.6 is 0 Å². The normalized spacial score (nSPS) is 12.1. The number of anilines is 1. The molecule has 0 heterocycles. The van der Waals surface area contributed by atoms with Crippen molar-refractivity contribution in [1.29, 1.82) is 0 Å². The van der Waals surface area contributed by atoms with Crippen LogP contribution in [0.1, 0.15) is 12.0 Å². The third-order valence-corrected chi connectivity index (χ3v) is 2.87. The lowest BCUT2D eigenvalue weighted by Crippen LogP contribution is -2.40. The first-order chi connectivity index (χ1) is 9.93. The van der Waals surface area contributed by atoms with Crippen LogP contribution in [0.3, 0.4) is 0 Å². The second kappa shape index (κ2) is 8.06. The van der Waals surface area contributed by atoms with E-state index in [1.54, 1.807) is 6.08 Å². The molecule has 0 fully saturated rings. The number of benzene rings is 1. The standard InChI is InChI=1S/C15H20N2O4/c1-17(2)12-6-3-11(4-7-12)5-8-14(19)16-13(9-10-18)15(20)21/h3-8,13,18H,9-10H2,1-2H3,(H,16,19)(H,20,21)/b8-5+. The molecule has 1 rings (SSSR count). The summed E-state index contributed by atoms with van der Waals surface area (Å²) in [6.45, 7) is -0.299. The first-order valence-corrected chi connectivity index (χ1v) is 6.53. The van der Waals surface area contributed by atoms with Gasteiger partial charge in [-0.15, -0.1) is 0 Å². The summed E-state index contributed by atoms with van der Waals surface area (Å²) in [5.41, 5.74) is 1.88. The molecule has 6 heteroatoms. The smallest absolute Gasteiger partial charge is 0.326 e. The quantitative estimate of drug-likeness (QED) is 0.644. The Bertz CT molecular complexity index is 509. The van der Waals surface area contributed by atoms with Gasteiger partial charge in [0.25, 0.3) is 0 Å². The highest BCUT2D eigenvalue weighted by atomic mass is 16.4. The van der Waals surface area contributed by atoms with E-state index in [9.17, 15) is 9.59 Å². The van der Waals surface area contributed by atoms with Gasteiger partial charge in [-0.05, 0) is 23.8 Å². The fourth-order valence-corrected chi connectivity index (χ4v) is 1.66. The highest BCUT2D eigenvalue weighted by Crippen LogP contribution is 2.13. The van der Waals surface area contributed by atoms with Gasteiger partial charge in [-0.2, -0.15) is 0 Å². The lowest BCUT2D eigenvalue weighted by Gasteiger charge is -2.12. The Morgan fingerprint density at radius 1 is 1.29 bits per heavy atom. The summed E-state index contributed by atoms with van der Waals surface area (Å²) in [6, 6.07) is 6.48. The van der Waals surface area contributed by atoms with Crippen molar-refractivity contribution in [3.63, 3.8) is 0 Å². The number of hydrogen-bond acceptors (Lipinski definition) is 4. The van der Waals surface area contributed by atoms with Gasteiger partial charge in [0.1, 0.15) is 6.04 Å². The van der Waals surface area contributed by atoms with E-state index in [2.05, 4.69) is 5.32 Å². The minimum absolute atomic E-state index is 0.0214. The molecule has 1 atom stereocenters. The number of amides is 1. The van der Waals surface area contributed by atoms with E-state index in [1.807, 2.05) is 43.3 Å². The van der Waals surface area contributed by atoms with Crippen molar-refractivity contribution in [2.24, 2.45) is 0 Å². The maximum absolute atomic E-state index is 11.6. The Morgan fingerprint density at radius 3 is 2.38 bits per heavy atom. The zero-order valence-electron chi connectivity index (χ0n) is 12.1. The molecule has 1 aromatic carbocycles. The topological polar surface area (TPSA) is 89.9 Å². The summed E-state index contributed by atoms with van der Waals surface area (Å²) in [6.07, 6.45) is 2.86. The SMILES string of the molecule is CN(C)c1ccc(/C=C/C(=O)NC(CCO)C(=O)O)cc1. The lowest BCUT2D eigenvalue weighted by molar-refractivity contribution is -0.141. The molecule has 6 nitrogen and oxygen atoms in total. The van der Waals surface area contributed by atoms with Crippen LogP contribution in [0.4, 0.5) is 5.69 Å². The van der Waals surface area contributed by atoms with Crippen LogP contribution in [0.2, 0.25) is 0 Å². The van der Waals surface area contributed by atoms with Gasteiger partial charge in [0, 0.05) is 38.9 Å². The lowest BCUT2D eigenvalue weighted by atomic mass is 10.1. The average molecular weight is 292 g/mol. The van der Waals surface area contributed by atoms with E-state index in [0.29, 0.717) is 0 Å². The van der Waals surface area contributed by atoms with Crippen molar-refractivity contribution >= 4 is 23.6 Å². The van der Waals surface area contributed by atoms with Crippen LogP contribution in [0.5, 0.6) is 0 Å². The third kappa shape index (κ3) is 5.66. The van der Waals surface area contributed by atoms with Crippen molar-refractivity contribution in [2.75, 3.05) is 25.6 Å². The van der Waals surface area contributed by atoms with Crippen LogP contribution in [0.25, 0.3) is 6.08 Å². The maximum Gasteiger partial charge on any atom is 0.326 e. The number of hydrogen-bond donors (Lipinski definition) is 3. The maximum atomic E-state index is 11.6. The molecule has 3 N–H and O–H groups in total. The van der Waals surface area contributed by atoms with Crippen molar-refractivity contribution < 1.29 is 19.8 Å². The second-order valence-electron chi connectivity index (χ2n) is 4.73. The summed E-state index contributed by atoms with van der Waals surface area (Å²) in [5.74, 6) is -1.67. The van der Waals surface area contributed by atoms with Gasteiger partial charge in [-0.3, -0.25) is 4.79 Å². The molecule has 0 aliphatic heterocycles. The van der Waals surface area contributed by atoms with Gasteiger partial charge in [0.2, 0.25) is 5.91 Å². The molecule has 0 aliphatic rings. The van der Waals surface area contributed by atoms with Crippen LogP contribution < -0.4 is 10.2 Å². The van der Waals surface area contributed by atoms with Crippen molar-refractivity contribution in [2.45, 2.75) is 12.5 Å². The van der Waals surface area contributed by atoms with Crippen LogP contribution in [-0.4, -0.2) is 48.8 Å². The zero-order chi connectivity index (χ0) is 15.8. The summed E-state index contributed by atoms with van der Waals surface area (Å²) in [5, 5.41) is 19.9. The number of aliphatic hydroxyl groups is 1. The van der Waals surface area contributed by atoms with Crippen molar-refractivity contribution in [3.05, 3.63) is 35.9 Å². The Hall–Kier alpha value is -2.34. The number of aliphatic hydroxyl groups excluding tert-OH is 1. The van der Waals surface area contributed by atoms with Gasteiger partial charge >= 0.3 is 5.97 Å². The Balaban J connectivity index is 2.62. The van der Waals surface area contributed by atoms with E-state index in [1.165, 1.54) is 6.08 Å². The third-order valence-electron chi connectivity index (χ3n) is 2.87. The molecule has 0 bridgehead atoms. The molecular formula is C15H20N2O4. The summed E-state index contributed by atoms with van der Waals surface area (Å²) in [4.78, 5) is 24.4. The van der Waals surface area contributed by atoms with Crippen LogP contribution in [0, 0.1) is 0 Å². The number of carbonyl (C=O) groups is 2. The number of carbonyl (C=O) groups excluding carboxylic acids is 1. The van der Waals surface area contributed by atoms with Gasteiger partial charge in [0.05, 0.1) is 0 Å². The summed E-state index contributed by atoms with van der Waals surface area (Å²) in [7, 11) is 3.87. The average Bonchev–Trinajstić information content (AvgIpc) is 2.45. The number of carboxylic acids is 1. The van der Waals surface area contributed by atoms with E-state index in [4.69, 9.17) is 10.2 Å². The van der Waals surface area contributed by atoms with E-state index in [0.717, 1.165) is 11.3 Å². The zero-order valence-corrected chi connectivity index (χ0v) is 12.1. The van der Waals surface area contributed by atoms with Crippen LogP contribution in [0.15, 0.2) is 30.3 Å². The van der Waals surface area contributed by atoms with E-state index in [-0.39, 0.29) is 13.0 Å². The molecule has 0 aromatic heterocycles. The molecular weight excluding hydrogens is 272 g/mol. The number of aliphatic carboxylic acids is 1. The van der Waals surface area contributed by atoms with Crippen LogP contribution in [-0.2, 0) is 9.59 Å². The fourth-order valence-electron chi connectivity index (χ4n) is 1.66. The van der Waals surface area contributed by atoms with Gasteiger partial charge < -0.3 is 20.4 Å². The number of nitrogens with zero attached hydrogens (tertiary/aromatic N) is 1. The largest absolute Gasteiger partial charge is 0.480 e.